The normalized spacial score (nSPS) is 47.0. The Morgan fingerprint density at radius 3 is 1.30 bits per heavy atom. The Morgan fingerprint density at radius 2 is 0.847 bits per heavy atom. The maximum Gasteiger partial charge on any atom is 0.307 e. The molecule has 0 aliphatic heterocycles. The minimum absolute atomic E-state index is 0.0197. The van der Waals surface area contributed by atoms with E-state index in [1.807, 2.05) is 38.4 Å². The number of hydrogen-bond acceptors (Lipinski definition) is 12. The maximum absolute atomic E-state index is 12.8. The van der Waals surface area contributed by atoms with Crippen LogP contribution in [0.4, 0.5) is 0 Å². The lowest BCUT2D eigenvalue weighted by Gasteiger charge is -2.59. The summed E-state index contributed by atoms with van der Waals surface area (Å²) in [5.41, 5.74) is 5.22. The van der Waals surface area contributed by atoms with Crippen LogP contribution in [-0.2, 0) is 40.0 Å². The molecular formula is C82H111NO15. The van der Waals surface area contributed by atoms with Crippen molar-refractivity contribution in [1.29, 1.82) is 0 Å². The number of phenols is 1. The van der Waals surface area contributed by atoms with Gasteiger partial charge in [-0.25, -0.2) is 0 Å². The third kappa shape index (κ3) is 10.9. The number of amides is 1. The predicted molar refractivity (Wildman–Crippen MR) is 369 cm³/mol. The Bertz CT molecular complexity index is 3610. The van der Waals surface area contributed by atoms with E-state index in [1.165, 1.54) is 11.1 Å². The molecule has 16 rings (SSSR count). The highest BCUT2D eigenvalue weighted by atomic mass is 16.4. The summed E-state index contributed by atoms with van der Waals surface area (Å²) in [6.07, 6.45) is 29.1. The molecule has 0 bridgehead atoms. The standard InChI is InChI=1S/C22H31NO3.C20H26O4.C20H28O4.C20H26O4/c1-21-10-9-14(24)11-13(21)5-6-15-16-7-8-17(20(26)23(3)4)22(16,2)12-18(25)19(15)21;1-10-3-8-15(21)12-5-4-11-13-6-7-14(19(23)24)20(13,2)9-16(22)18(11)17(10)12;2*1-19-8-7-12(21)9-11(19)3-4-13-14-5-6-15(18(23)24)20(14,2)10-16(22)17(13)19/h9-11,15-19,25H,5-8,12H2,1-4H3;3,8,11,13-14,16,18,21-22H,4-7,9H2,1-2H3,(H,23,24);9,13-17,22H,3-8,10H2,1-2H3,(H,23,24);7-9,13-17,22H,3-6,10H2,1-2H3,(H,23,24)/t15?,16?,17-,18+,19?,21+,22+;11?,13?,14-,16+,18?,20+;2*13?,14?,15-,16+,17?,19+,20+/m1111/s1. The highest BCUT2D eigenvalue weighted by molar-refractivity contribution is 6.02. The Balaban J connectivity index is 0.000000118. The van der Waals surface area contributed by atoms with Gasteiger partial charge >= 0.3 is 17.9 Å². The summed E-state index contributed by atoms with van der Waals surface area (Å²) in [6.45, 7) is 17.1. The zero-order chi connectivity index (χ0) is 70.6. The van der Waals surface area contributed by atoms with Gasteiger partial charge in [-0.05, 0) is 275 Å². The predicted octanol–water partition coefficient (Wildman–Crippen LogP) is 12.4. The Labute approximate surface area is 579 Å². The van der Waals surface area contributed by atoms with Crippen LogP contribution in [0.1, 0.15) is 206 Å². The van der Waals surface area contributed by atoms with E-state index in [-0.39, 0.29) is 109 Å². The third-order valence-electron chi connectivity index (χ3n) is 31.6. The van der Waals surface area contributed by atoms with Crippen LogP contribution in [0.2, 0.25) is 0 Å². The van der Waals surface area contributed by atoms with Crippen molar-refractivity contribution in [3.63, 3.8) is 0 Å². The lowest BCUT2D eigenvalue weighted by Crippen LogP contribution is -2.57. The molecule has 0 aromatic heterocycles. The van der Waals surface area contributed by atoms with Crippen LogP contribution in [0.15, 0.2) is 71.4 Å². The van der Waals surface area contributed by atoms with Gasteiger partial charge in [-0.3, -0.25) is 33.6 Å². The summed E-state index contributed by atoms with van der Waals surface area (Å²) in [4.78, 5) is 85.1. The van der Waals surface area contributed by atoms with Gasteiger partial charge in [0.15, 0.2) is 17.3 Å². The molecule has 1 amide bonds. The fourth-order valence-electron chi connectivity index (χ4n) is 27.2. The molecule has 0 saturated heterocycles. The van der Waals surface area contributed by atoms with Crippen molar-refractivity contribution in [2.75, 3.05) is 14.1 Å². The van der Waals surface area contributed by atoms with Gasteiger partial charge in [-0.1, -0.05) is 83.4 Å². The summed E-state index contributed by atoms with van der Waals surface area (Å²) in [5.74, 6) is 1.28. The van der Waals surface area contributed by atoms with Gasteiger partial charge in [-0.2, -0.15) is 0 Å². The molecule has 534 valence electrons. The van der Waals surface area contributed by atoms with Crippen LogP contribution >= 0.6 is 0 Å². The number of aryl methyl sites for hydroxylation is 1. The largest absolute Gasteiger partial charge is 0.508 e. The van der Waals surface area contributed by atoms with Gasteiger partial charge < -0.3 is 45.8 Å². The van der Waals surface area contributed by atoms with Gasteiger partial charge in [-0.15, -0.1) is 0 Å². The number of aliphatic hydroxyl groups excluding tert-OH is 4. The Kier molecular flexibility index (Phi) is 18.2. The quantitative estimate of drug-likeness (QED) is 0.139. The Morgan fingerprint density at radius 1 is 0.459 bits per heavy atom. The molecule has 15 aliphatic rings. The first-order chi connectivity index (χ1) is 46.1. The van der Waals surface area contributed by atoms with Gasteiger partial charge in [0, 0.05) is 55.0 Å². The number of phenolic OH excluding ortho intramolecular Hbond substituents is 1. The van der Waals surface area contributed by atoms with E-state index < -0.39 is 42.3 Å². The average molecular weight is 1350 g/mol. The summed E-state index contributed by atoms with van der Waals surface area (Å²) in [7, 11) is 3.67. The lowest BCUT2D eigenvalue weighted by atomic mass is 9.46. The van der Waals surface area contributed by atoms with Crippen LogP contribution in [0, 0.1) is 134 Å². The molecule has 16 heteroatoms. The van der Waals surface area contributed by atoms with E-state index in [4.69, 9.17) is 0 Å². The zero-order valence-electron chi connectivity index (χ0n) is 59.7. The van der Waals surface area contributed by atoms with Crippen molar-refractivity contribution < 1.29 is 74.4 Å². The van der Waals surface area contributed by atoms with E-state index in [2.05, 4.69) is 55.4 Å². The number of hydrogen-bond donors (Lipinski definition) is 8. The number of benzene rings is 1. The molecule has 0 radical (unpaired) electrons. The number of rotatable bonds is 4. The molecule has 16 nitrogen and oxygen atoms in total. The topological polar surface area (TPSA) is 285 Å². The van der Waals surface area contributed by atoms with E-state index >= 15 is 0 Å². The van der Waals surface area contributed by atoms with Crippen molar-refractivity contribution >= 4 is 41.2 Å². The van der Waals surface area contributed by atoms with Crippen LogP contribution in [-0.4, -0.2) is 125 Å². The molecular weight excluding hydrogens is 1240 g/mol. The van der Waals surface area contributed by atoms with Crippen molar-refractivity contribution in [3.8, 4) is 5.75 Å². The minimum Gasteiger partial charge on any atom is -0.508 e. The van der Waals surface area contributed by atoms with Crippen molar-refractivity contribution in [1.82, 2.24) is 4.90 Å². The third-order valence-corrected chi connectivity index (χ3v) is 31.6. The molecule has 11 saturated carbocycles. The molecule has 27 atom stereocenters. The van der Waals surface area contributed by atoms with Crippen LogP contribution < -0.4 is 0 Å². The number of fused-ring (bicyclic) bond motifs is 20. The molecule has 1 aromatic rings. The lowest BCUT2D eigenvalue weighted by molar-refractivity contribution is -0.158. The second kappa shape index (κ2) is 25.2. The molecule has 1 aromatic carbocycles. The SMILES string of the molecule is CN(C)C(=O)[C@H]1CCC2C3CCC4=CC(=O)C=C[C@]4(C)C3[C@@H](O)C[C@@]21C.C[C@]12C=CC(=O)C=C1CCC1C2[C@@H](O)C[C@@]2(C)C1CC[C@@H]2C(=O)O.C[C@]12CCC(=O)C=C1CCC1C2[C@@H](O)C[C@@]2(C)C1CC[C@@H]2C(=O)O.Cc1ccc(O)c2c1C1C(CC2)C2CC[C@H](C(=O)O)[C@@]2(C)C[C@@H]1O. The number of carbonyl (C=O) groups is 7. The maximum atomic E-state index is 12.8. The molecule has 0 heterocycles. The van der Waals surface area contributed by atoms with Crippen LogP contribution in [0.3, 0.4) is 0 Å². The molecule has 11 fully saturated rings. The number of nitrogens with zero attached hydrogens (tertiary/aromatic N) is 1. The van der Waals surface area contributed by atoms with Crippen molar-refractivity contribution in [3.05, 3.63) is 88.1 Å². The number of aliphatic hydroxyl groups is 4. The number of carboxylic acids is 3. The van der Waals surface area contributed by atoms with Crippen molar-refractivity contribution in [2.24, 2.45) is 127 Å². The first-order valence-electron chi connectivity index (χ1n) is 37.6. The van der Waals surface area contributed by atoms with Gasteiger partial charge in [0.25, 0.3) is 0 Å². The highest BCUT2D eigenvalue weighted by Crippen LogP contribution is 2.71. The zero-order valence-corrected chi connectivity index (χ0v) is 59.7. The average Bonchev–Trinajstić information content (AvgIpc) is 1.39. The van der Waals surface area contributed by atoms with E-state index in [1.54, 1.807) is 35.3 Å². The molecule has 12 unspecified atom stereocenters. The van der Waals surface area contributed by atoms with E-state index in [9.17, 15) is 74.4 Å². The number of carboxylic acid groups (broad SMARTS) is 3. The van der Waals surface area contributed by atoms with Crippen LogP contribution in [0.25, 0.3) is 0 Å². The number of carbonyl (C=O) groups excluding carboxylic acids is 4. The smallest absolute Gasteiger partial charge is 0.307 e. The van der Waals surface area contributed by atoms with Crippen molar-refractivity contribution in [2.45, 2.75) is 227 Å². The van der Waals surface area contributed by atoms with Gasteiger partial charge in [0.1, 0.15) is 5.75 Å². The molecule has 98 heavy (non-hydrogen) atoms. The van der Waals surface area contributed by atoms with E-state index in [0.29, 0.717) is 85.2 Å². The number of ketones is 3. The highest BCUT2D eigenvalue weighted by Gasteiger charge is 2.67. The number of aromatic hydroxyl groups is 1. The Hall–Kier alpha value is -5.55. The number of aliphatic carboxylic acids is 3. The molecule has 8 N–H and O–H groups in total. The minimum atomic E-state index is -0.712. The summed E-state index contributed by atoms with van der Waals surface area (Å²) >= 11 is 0. The second-order valence-electron chi connectivity index (χ2n) is 35.9. The van der Waals surface area contributed by atoms with Gasteiger partial charge in [0.05, 0.1) is 42.2 Å². The first kappa shape index (κ1) is 70.9. The van der Waals surface area contributed by atoms with E-state index in [0.717, 1.165) is 131 Å². The summed E-state index contributed by atoms with van der Waals surface area (Å²) < 4.78 is 0. The summed E-state index contributed by atoms with van der Waals surface area (Å²) in [5, 5.41) is 83.5. The van der Waals surface area contributed by atoms with Gasteiger partial charge in [0.2, 0.25) is 5.91 Å². The fourth-order valence-corrected chi connectivity index (χ4v) is 27.2. The monoisotopic (exact) mass is 1350 g/mol. The van der Waals surface area contributed by atoms with Crippen LogP contribution in [0.5, 0.6) is 5.75 Å². The first-order valence-corrected chi connectivity index (χ1v) is 37.6. The molecule has 15 aliphatic carbocycles. The second-order valence-corrected chi connectivity index (χ2v) is 35.9. The summed E-state index contributed by atoms with van der Waals surface area (Å²) in [6, 6.07) is 3.69. The molecule has 0 spiro atoms. The number of allylic oxidation sites excluding steroid dienone is 9. The fraction of sp³-hybridized carbons (Fsp3) is 0.720.